The molecule has 0 rings (SSSR count). The first-order valence-corrected chi connectivity index (χ1v) is 3.41. The fraction of sp³-hybridized carbons (Fsp3) is 0.750. The standard InChI is InChI=1S/C8H16FN/c1-6(2)7(9)5-8(3,4)10/h7H,1,5,10H2,2-4H3. The van der Waals surface area contributed by atoms with E-state index >= 15 is 0 Å². The fourth-order valence-corrected chi connectivity index (χ4v) is 0.636. The molecule has 0 spiro atoms. The summed E-state index contributed by atoms with van der Waals surface area (Å²) in [5, 5.41) is 0. The van der Waals surface area contributed by atoms with Gasteiger partial charge in [0.1, 0.15) is 6.17 Å². The largest absolute Gasteiger partial charge is 0.325 e. The van der Waals surface area contributed by atoms with E-state index in [-0.39, 0.29) is 0 Å². The molecule has 0 aliphatic carbocycles. The Morgan fingerprint density at radius 2 is 2.10 bits per heavy atom. The second kappa shape index (κ2) is 3.15. The van der Waals surface area contributed by atoms with E-state index in [1.165, 1.54) is 0 Å². The van der Waals surface area contributed by atoms with Gasteiger partial charge in [-0.3, -0.25) is 0 Å². The zero-order valence-electron chi connectivity index (χ0n) is 6.95. The van der Waals surface area contributed by atoms with E-state index in [0.717, 1.165) is 0 Å². The van der Waals surface area contributed by atoms with Crippen molar-refractivity contribution in [1.82, 2.24) is 0 Å². The van der Waals surface area contributed by atoms with Crippen LogP contribution < -0.4 is 5.73 Å². The van der Waals surface area contributed by atoms with Gasteiger partial charge in [0.25, 0.3) is 0 Å². The van der Waals surface area contributed by atoms with Crippen LogP contribution in [0.3, 0.4) is 0 Å². The van der Waals surface area contributed by atoms with Gasteiger partial charge in [0.15, 0.2) is 0 Å². The van der Waals surface area contributed by atoms with Crippen molar-refractivity contribution in [2.45, 2.75) is 38.9 Å². The average Bonchev–Trinajstić information content (AvgIpc) is 1.60. The number of nitrogens with two attached hydrogens (primary N) is 1. The molecule has 0 aromatic rings. The molecular weight excluding hydrogens is 129 g/mol. The lowest BCUT2D eigenvalue weighted by Crippen LogP contribution is -2.35. The maximum Gasteiger partial charge on any atom is 0.122 e. The molecule has 10 heavy (non-hydrogen) atoms. The summed E-state index contributed by atoms with van der Waals surface area (Å²) < 4.78 is 12.8. The Kier molecular flexibility index (Phi) is 3.03. The van der Waals surface area contributed by atoms with Gasteiger partial charge in [0, 0.05) is 5.54 Å². The molecule has 0 aliphatic rings. The van der Waals surface area contributed by atoms with Crippen LogP contribution in [0.25, 0.3) is 0 Å². The molecule has 1 unspecified atom stereocenters. The highest BCUT2D eigenvalue weighted by Gasteiger charge is 2.18. The van der Waals surface area contributed by atoms with Crippen molar-refractivity contribution in [3.63, 3.8) is 0 Å². The zero-order valence-corrected chi connectivity index (χ0v) is 6.95. The van der Waals surface area contributed by atoms with Crippen LogP contribution in [0, 0.1) is 0 Å². The summed E-state index contributed by atoms with van der Waals surface area (Å²) in [6.07, 6.45) is -0.609. The molecule has 0 fully saturated rings. The maximum absolute atomic E-state index is 12.8. The third-order valence-electron chi connectivity index (χ3n) is 1.24. The molecule has 0 bridgehead atoms. The lowest BCUT2D eigenvalue weighted by molar-refractivity contribution is 0.298. The highest BCUT2D eigenvalue weighted by molar-refractivity contribution is 4.99. The first-order valence-electron chi connectivity index (χ1n) is 3.41. The average molecular weight is 145 g/mol. The van der Waals surface area contributed by atoms with Crippen molar-refractivity contribution >= 4 is 0 Å². The van der Waals surface area contributed by atoms with Crippen LogP contribution in [-0.2, 0) is 0 Å². The molecule has 0 heterocycles. The topological polar surface area (TPSA) is 26.0 Å². The molecule has 1 atom stereocenters. The monoisotopic (exact) mass is 145 g/mol. The molecule has 0 radical (unpaired) electrons. The molecule has 0 aliphatic heterocycles. The van der Waals surface area contributed by atoms with E-state index in [2.05, 4.69) is 6.58 Å². The van der Waals surface area contributed by atoms with Gasteiger partial charge in [-0.15, -0.1) is 0 Å². The van der Waals surface area contributed by atoms with Crippen LogP contribution in [0.2, 0.25) is 0 Å². The molecule has 2 N–H and O–H groups in total. The van der Waals surface area contributed by atoms with E-state index in [1.807, 2.05) is 13.8 Å². The number of hydrogen-bond donors (Lipinski definition) is 1. The summed E-state index contributed by atoms with van der Waals surface area (Å²) in [5.41, 5.74) is 5.72. The van der Waals surface area contributed by atoms with Gasteiger partial charge in [-0.25, -0.2) is 4.39 Å². The molecule has 60 valence electrons. The minimum absolute atomic E-state index is 0.350. The minimum Gasteiger partial charge on any atom is -0.325 e. The van der Waals surface area contributed by atoms with Crippen molar-refractivity contribution < 1.29 is 4.39 Å². The van der Waals surface area contributed by atoms with Crippen molar-refractivity contribution in [3.05, 3.63) is 12.2 Å². The Morgan fingerprint density at radius 1 is 1.70 bits per heavy atom. The Labute approximate surface area is 62.1 Å². The highest BCUT2D eigenvalue weighted by Crippen LogP contribution is 2.15. The fourth-order valence-electron chi connectivity index (χ4n) is 0.636. The summed E-state index contributed by atoms with van der Waals surface area (Å²) in [6, 6.07) is 0. The van der Waals surface area contributed by atoms with Crippen molar-refractivity contribution in [1.29, 1.82) is 0 Å². The SMILES string of the molecule is C=C(C)C(F)CC(C)(C)N. The van der Waals surface area contributed by atoms with Crippen LogP contribution in [0.1, 0.15) is 27.2 Å². The smallest absolute Gasteiger partial charge is 0.122 e. The van der Waals surface area contributed by atoms with Crippen LogP contribution in [0.4, 0.5) is 4.39 Å². The predicted octanol–water partition coefficient (Wildman–Crippen LogP) is 2.03. The Hall–Kier alpha value is -0.370. The summed E-state index contributed by atoms with van der Waals surface area (Å²) >= 11 is 0. The summed E-state index contributed by atoms with van der Waals surface area (Å²) in [5.74, 6) is 0. The quantitative estimate of drug-likeness (QED) is 0.604. The van der Waals surface area contributed by atoms with Gasteiger partial charge in [0.05, 0.1) is 0 Å². The molecule has 1 nitrogen and oxygen atoms in total. The van der Waals surface area contributed by atoms with Crippen LogP contribution in [0.15, 0.2) is 12.2 Å². The number of halogens is 1. The molecule has 2 heteroatoms. The highest BCUT2D eigenvalue weighted by atomic mass is 19.1. The third kappa shape index (κ3) is 4.50. The Bertz CT molecular complexity index is 124. The first-order chi connectivity index (χ1) is 4.33. The van der Waals surface area contributed by atoms with E-state index in [9.17, 15) is 4.39 Å². The van der Waals surface area contributed by atoms with Gasteiger partial charge < -0.3 is 5.73 Å². The normalized spacial score (nSPS) is 14.9. The number of allylic oxidation sites excluding steroid dienone is 1. The van der Waals surface area contributed by atoms with E-state index in [1.54, 1.807) is 6.92 Å². The maximum atomic E-state index is 12.8. The van der Waals surface area contributed by atoms with E-state index < -0.39 is 11.7 Å². The molecule has 0 aromatic carbocycles. The van der Waals surface area contributed by atoms with Crippen LogP contribution in [0.5, 0.6) is 0 Å². The lowest BCUT2D eigenvalue weighted by Gasteiger charge is -2.20. The van der Waals surface area contributed by atoms with Gasteiger partial charge >= 0.3 is 0 Å². The number of alkyl halides is 1. The second-order valence-electron chi connectivity index (χ2n) is 3.51. The van der Waals surface area contributed by atoms with Crippen molar-refractivity contribution in [2.75, 3.05) is 0 Å². The molecule has 0 saturated carbocycles. The van der Waals surface area contributed by atoms with Gasteiger partial charge in [-0.05, 0) is 32.8 Å². The van der Waals surface area contributed by atoms with Crippen molar-refractivity contribution in [2.24, 2.45) is 5.73 Å². The van der Waals surface area contributed by atoms with Crippen LogP contribution >= 0.6 is 0 Å². The van der Waals surface area contributed by atoms with Gasteiger partial charge in [-0.1, -0.05) is 6.58 Å². The summed E-state index contributed by atoms with van der Waals surface area (Å²) in [4.78, 5) is 0. The predicted molar refractivity (Wildman–Crippen MR) is 42.6 cm³/mol. The third-order valence-corrected chi connectivity index (χ3v) is 1.24. The summed E-state index contributed by atoms with van der Waals surface area (Å²) in [6.45, 7) is 8.80. The van der Waals surface area contributed by atoms with Crippen molar-refractivity contribution in [3.8, 4) is 0 Å². The molecular formula is C8H16FN. The van der Waals surface area contributed by atoms with Gasteiger partial charge in [-0.2, -0.15) is 0 Å². The second-order valence-corrected chi connectivity index (χ2v) is 3.51. The Morgan fingerprint density at radius 3 is 2.20 bits per heavy atom. The number of hydrogen-bond acceptors (Lipinski definition) is 1. The van der Waals surface area contributed by atoms with E-state index in [0.29, 0.717) is 12.0 Å². The summed E-state index contributed by atoms with van der Waals surface area (Å²) in [7, 11) is 0. The lowest BCUT2D eigenvalue weighted by atomic mass is 9.96. The minimum atomic E-state index is -0.958. The van der Waals surface area contributed by atoms with E-state index in [4.69, 9.17) is 5.73 Å². The number of rotatable bonds is 3. The molecule has 0 aromatic heterocycles. The van der Waals surface area contributed by atoms with Crippen LogP contribution in [-0.4, -0.2) is 11.7 Å². The molecule has 0 amide bonds. The Balaban J connectivity index is 3.80. The first kappa shape index (κ1) is 9.63. The molecule has 0 saturated heterocycles. The zero-order chi connectivity index (χ0) is 8.36. The van der Waals surface area contributed by atoms with Gasteiger partial charge in [0.2, 0.25) is 0 Å².